The minimum absolute atomic E-state index is 0.128. The highest BCUT2D eigenvalue weighted by atomic mass is 32.2. The van der Waals surface area contributed by atoms with Crippen molar-refractivity contribution in [1.82, 2.24) is 20.0 Å². The lowest BCUT2D eigenvalue weighted by Crippen LogP contribution is -2.43. The number of hydrogen-bond acceptors (Lipinski definition) is 5. The van der Waals surface area contributed by atoms with Crippen molar-refractivity contribution in [3.05, 3.63) is 76.7 Å². The number of rotatable bonds is 7. The van der Waals surface area contributed by atoms with Gasteiger partial charge in [-0.1, -0.05) is 50.6 Å². The maximum Gasteiger partial charge on any atom is 0.240 e. The summed E-state index contributed by atoms with van der Waals surface area (Å²) in [6.45, 7) is 9.36. The van der Waals surface area contributed by atoms with Crippen molar-refractivity contribution in [3.8, 4) is 5.69 Å². The third-order valence-corrected chi connectivity index (χ3v) is 7.65. The second-order valence-corrected chi connectivity index (χ2v) is 12.1. The van der Waals surface area contributed by atoms with Crippen LogP contribution in [0.2, 0.25) is 0 Å². The van der Waals surface area contributed by atoms with Gasteiger partial charge in [-0.3, -0.25) is 14.5 Å². The molecule has 1 aliphatic rings. The first-order chi connectivity index (χ1) is 18.0. The van der Waals surface area contributed by atoms with Crippen molar-refractivity contribution in [2.24, 2.45) is 0 Å². The van der Waals surface area contributed by atoms with Gasteiger partial charge in [0.15, 0.2) is 0 Å². The van der Waals surface area contributed by atoms with Gasteiger partial charge in [0.05, 0.1) is 22.4 Å². The molecule has 38 heavy (non-hydrogen) atoms. The number of hydrogen-bond donors (Lipinski definition) is 1. The fourth-order valence-corrected chi connectivity index (χ4v) is 5.74. The van der Waals surface area contributed by atoms with E-state index >= 15 is 0 Å². The molecule has 0 fully saturated rings. The van der Waals surface area contributed by atoms with E-state index < -0.39 is 0 Å². The van der Waals surface area contributed by atoms with Crippen LogP contribution in [-0.2, 0) is 15.0 Å². The summed E-state index contributed by atoms with van der Waals surface area (Å²) in [6, 6.07) is 14.3. The van der Waals surface area contributed by atoms with E-state index in [1.807, 2.05) is 38.1 Å². The molecule has 0 aliphatic carbocycles. The number of benzene rings is 2. The Labute approximate surface area is 228 Å². The highest BCUT2D eigenvalue weighted by molar-refractivity contribution is 8.00. The Morgan fingerprint density at radius 3 is 2.53 bits per heavy atom. The average molecular weight is 538 g/mol. The fourth-order valence-electron chi connectivity index (χ4n) is 4.55. The van der Waals surface area contributed by atoms with Crippen molar-refractivity contribution < 1.29 is 14.0 Å². The summed E-state index contributed by atoms with van der Waals surface area (Å²) < 4.78 is 15.6. The zero-order chi connectivity index (χ0) is 27.6. The summed E-state index contributed by atoms with van der Waals surface area (Å²) in [5.41, 5.74) is 4.21. The number of thioether (sulfide) groups is 1. The smallest absolute Gasteiger partial charge is 0.240 e. The van der Waals surface area contributed by atoms with Gasteiger partial charge in [0.2, 0.25) is 11.8 Å². The lowest BCUT2D eigenvalue weighted by molar-refractivity contribution is -0.122. The highest BCUT2D eigenvalue weighted by Crippen LogP contribution is 2.48. The molecule has 1 unspecified atom stereocenters. The molecular weight excluding hydrogens is 501 g/mol. The van der Waals surface area contributed by atoms with Gasteiger partial charge in [-0.05, 0) is 50.8 Å². The number of carbonyl (C=O) groups excluding carboxylic acids is 2. The van der Waals surface area contributed by atoms with E-state index in [0.717, 1.165) is 22.4 Å². The first kappa shape index (κ1) is 27.9. The van der Waals surface area contributed by atoms with Crippen LogP contribution >= 0.6 is 11.8 Å². The Morgan fingerprint density at radius 2 is 1.89 bits per heavy atom. The summed E-state index contributed by atoms with van der Waals surface area (Å²) in [6.07, 6.45) is 0. The van der Waals surface area contributed by atoms with Crippen LogP contribution in [0.4, 0.5) is 10.2 Å². The molecule has 3 aromatic rings. The Kier molecular flexibility index (Phi) is 8.28. The van der Waals surface area contributed by atoms with Gasteiger partial charge in [0, 0.05) is 24.1 Å². The zero-order valence-corrected chi connectivity index (χ0v) is 23.7. The standard InChI is InChI=1S/C29H36FN5O2S/c1-19-8-7-9-20(16-19)26-25-27(29(2,3)4)32-35(22-12-10-21(30)11-13-22)28(25)34(24(37)18-38-26)17-23(36)31-14-15-33(5)6/h7-13,16,26H,14-15,17-18H2,1-6H3,(H,31,36). The van der Waals surface area contributed by atoms with Crippen molar-refractivity contribution in [2.75, 3.05) is 44.4 Å². The van der Waals surface area contributed by atoms with Gasteiger partial charge < -0.3 is 10.2 Å². The van der Waals surface area contributed by atoms with Gasteiger partial charge in [0.25, 0.3) is 0 Å². The molecule has 0 spiro atoms. The first-order valence-corrected chi connectivity index (χ1v) is 13.8. The van der Waals surface area contributed by atoms with Crippen molar-refractivity contribution in [3.63, 3.8) is 0 Å². The van der Waals surface area contributed by atoms with Crippen LogP contribution in [0.15, 0.2) is 48.5 Å². The highest BCUT2D eigenvalue weighted by Gasteiger charge is 2.39. The van der Waals surface area contributed by atoms with E-state index in [1.165, 1.54) is 12.1 Å². The molecule has 0 saturated carbocycles. The van der Waals surface area contributed by atoms with E-state index in [1.54, 1.807) is 33.5 Å². The van der Waals surface area contributed by atoms with Crippen LogP contribution in [-0.4, -0.2) is 66.0 Å². The van der Waals surface area contributed by atoms with E-state index in [-0.39, 0.29) is 40.6 Å². The lowest BCUT2D eigenvalue weighted by Gasteiger charge is -2.25. The summed E-state index contributed by atoms with van der Waals surface area (Å²) in [5, 5.41) is 7.79. The number of nitrogens with zero attached hydrogens (tertiary/aromatic N) is 4. The van der Waals surface area contributed by atoms with Crippen LogP contribution in [0.25, 0.3) is 5.69 Å². The number of aromatic nitrogens is 2. The predicted octanol–water partition coefficient (Wildman–Crippen LogP) is 4.46. The summed E-state index contributed by atoms with van der Waals surface area (Å²) in [5.74, 6) is 0.00748. The number of nitrogens with one attached hydrogen (secondary N) is 1. The number of fused-ring (bicyclic) bond motifs is 1. The van der Waals surface area contributed by atoms with E-state index in [0.29, 0.717) is 24.6 Å². The van der Waals surface area contributed by atoms with Gasteiger partial charge in [-0.2, -0.15) is 5.10 Å². The quantitative estimate of drug-likeness (QED) is 0.482. The van der Waals surface area contributed by atoms with Crippen LogP contribution < -0.4 is 10.2 Å². The third kappa shape index (κ3) is 6.10. The molecule has 0 saturated heterocycles. The van der Waals surface area contributed by atoms with E-state index in [2.05, 4.69) is 38.2 Å². The Hall–Kier alpha value is -3.17. The second-order valence-electron chi connectivity index (χ2n) is 11.0. The normalized spacial score (nSPS) is 15.9. The first-order valence-electron chi connectivity index (χ1n) is 12.7. The average Bonchev–Trinajstić information content (AvgIpc) is 3.17. The predicted molar refractivity (Wildman–Crippen MR) is 152 cm³/mol. The molecule has 9 heteroatoms. The fraction of sp³-hybridized carbons (Fsp3) is 0.414. The maximum atomic E-state index is 13.9. The molecular formula is C29H36FN5O2S. The third-order valence-electron chi connectivity index (χ3n) is 6.40. The summed E-state index contributed by atoms with van der Waals surface area (Å²) >= 11 is 1.55. The number of anilines is 1. The van der Waals surface area contributed by atoms with E-state index in [9.17, 15) is 14.0 Å². The number of aryl methyl sites for hydroxylation is 1. The molecule has 2 amide bonds. The SMILES string of the molecule is Cc1cccc(C2SCC(=O)N(CC(=O)NCCN(C)C)c3c2c(C(C)(C)C)nn3-c2ccc(F)cc2)c1. The van der Waals surface area contributed by atoms with Gasteiger partial charge in [-0.25, -0.2) is 9.07 Å². The monoisotopic (exact) mass is 537 g/mol. The van der Waals surface area contributed by atoms with Crippen molar-refractivity contribution in [2.45, 2.75) is 38.4 Å². The molecule has 0 bridgehead atoms. The molecule has 1 aliphatic heterocycles. The van der Waals surface area contributed by atoms with E-state index in [4.69, 9.17) is 5.10 Å². The molecule has 1 atom stereocenters. The Balaban J connectivity index is 1.92. The number of carbonyl (C=O) groups is 2. The van der Waals surface area contributed by atoms with Gasteiger partial charge in [0.1, 0.15) is 18.2 Å². The van der Waals surface area contributed by atoms with Crippen LogP contribution in [0.3, 0.4) is 0 Å². The van der Waals surface area contributed by atoms with Crippen LogP contribution in [0.1, 0.15) is 48.4 Å². The minimum Gasteiger partial charge on any atom is -0.353 e. The topological polar surface area (TPSA) is 70.5 Å². The van der Waals surface area contributed by atoms with Gasteiger partial charge >= 0.3 is 0 Å². The Morgan fingerprint density at radius 1 is 1.18 bits per heavy atom. The molecule has 2 aromatic carbocycles. The van der Waals surface area contributed by atoms with Crippen molar-refractivity contribution in [1.29, 1.82) is 0 Å². The molecule has 7 nitrogen and oxygen atoms in total. The lowest BCUT2D eigenvalue weighted by atomic mass is 9.87. The summed E-state index contributed by atoms with van der Waals surface area (Å²) in [4.78, 5) is 30.2. The molecule has 2 heterocycles. The Bertz CT molecular complexity index is 1310. The largest absolute Gasteiger partial charge is 0.353 e. The molecule has 1 N–H and O–H groups in total. The minimum atomic E-state index is -0.357. The second kappa shape index (κ2) is 11.3. The maximum absolute atomic E-state index is 13.9. The van der Waals surface area contributed by atoms with Crippen molar-refractivity contribution >= 4 is 29.4 Å². The number of amides is 2. The zero-order valence-electron chi connectivity index (χ0n) is 22.9. The number of likely N-dealkylation sites (N-methyl/N-ethyl adjacent to an activating group) is 1. The van der Waals surface area contributed by atoms with Crippen LogP contribution in [0, 0.1) is 12.7 Å². The van der Waals surface area contributed by atoms with Crippen LogP contribution in [0.5, 0.6) is 0 Å². The number of halogens is 1. The molecule has 202 valence electrons. The molecule has 0 radical (unpaired) electrons. The molecule has 4 rings (SSSR count). The molecule has 1 aromatic heterocycles. The van der Waals surface area contributed by atoms with Gasteiger partial charge in [-0.15, -0.1) is 11.8 Å². The summed E-state index contributed by atoms with van der Waals surface area (Å²) in [7, 11) is 3.88.